The molecular formula is C22H21FN4O. The molecule has 1 fully saturated rings. The van der Waals surface area contributed by atoms with E-state index in [2.05, 4.69) is 27.3 Å². The van der Waals surface area contributed by atoms with Crippen LogP contribution in [0.3, 0.4) is 0 Å². The molecule has 5 nitrogen and oxygen atoms in total. The summed E-state index contributed by atoms with van der Waals surface area (Å²) in [5, 5.41) is 3.04. The van der Waals surface area contributed by atoms with Crippen LogP contribution < -0.4 is 10.2 Å². The van der Waals surface area contributed by atoms with Crippen molar-refractivity contribution < 1.29 is 9.18 Å². The molecule has 1 aliphatic heterocycles. The van der Waals surface area contributed by atoms with Crippen LogP contribution in [0.4, 0.5) is 21.6 Å². The van der Waals surface area contributed by atoms with Crippen LogP contribution in [0.5, 0.6) is 0 Å². The molecule has 0 saturated carbocycles. The first-order chi connectivity index (χ1) is 13.7. The average molecular weight is 376 g/mol. The molecule has 2 heterocycles. The van der Waals surface area contributed by atoms with Gasteiger partial charge in [-0.3, -0.25) is 4.79 Å². The molecule has 28 heavy (non-hydrogen) atoms. The predicted molar refractivity (Wildman–Crippen MR) is 108 cm³/mol. The summed E-state index contributed by atoms with van der Waals surface area (Å²) >= 11 is 0. The maximum Gasteiger partial charge on any atom is 0.254 e. The first kappa shape index (κ1) is 18.0. The van der Waals surface area contributed by atoms with E-state index in [1.807, 2.05) is 23.1 Å². The maximum absolute atomic E-state index is 13.3. The SMILES string of the molecule is O=C(c1ccnc(Nc2cccc(F)c2)c1)N1CCN(c2ccccc2)CC1. The molecule has 0 aliphatic carbocycles. The summed E-state index contributed by atoms with van der Waals surface area (Å²) in [6, 6.07) is 19.8. The highest BCUT2D eigenvalue weighted by atomic mass is 19.1. The summed E-state index contributed by atoms with van der Waals surface area (Å²) in [7, 11) is 0. The molecule has 4 rings (SSSR count). The minimum atomic E-state index is -0.325. The third kappa shape index (κ3) is 4.11. The van der Waals surface area contributed by atoms with Crippen molar-refractivity contribution in [3.63, 3.8) is 0 Å². The van der Waals surface area contributed by atoms with Gasteiger partial charge in [0.1, 0.15) is 11.6 Å². The van der Waals surface area contributed by atoms with Gasteiger partial charge in [0.15, 0.2) is 0 Å². The van der Waals surface area contributed by atoms with Gasteiger partial charge in [0.25, 0.3) is 5.91 Å². The topological polar surface area (TPSA) is 48.5 Å². The van der Waals surface area contributed by atoms with Crippen LogP contribution in [0.2, 0.25) is 0 Å². The summed E-state index contributed by atoms with van der Waals surface area (Å²) in [6.45, 7) is 2.94. The Labute approximate surface area is 163 Å². The number of pyridine rings is 1. The van der Waals surface area contributed by atoms with Crippen LogP contribution in [0.1, 0.15) is 10.4 Å². The van der Waals surface area contributed by atoms with Crippen LogP contribution in [-0.4, -0.2) is 42.0 Å². The van der Waals surface area contributed by atoms with Gasteiger partial charge in [0.2, 0.25) is 0 Å². The zero-order chi connectivity index (χ0) is 19.3. The third-order valence-corrected chi connectivity index (χ3v) is 4.79. The van der Waals surface area contributed by atoms with Crippen molar-refractivity contribution in [1.29, 1.82) is 0 Å². The second-order valence-electron chi connectivity index (χ2n) is 6.68. The number of hydrogen-bond acceptors (Lipinski definition) is 4. The van der Waals surface area contributed by atoms with Gasteiger partial charge in [-0.25, -0.2) is 9.37 Å². The van der Waals surface area contributed by atoms with Crippen molar-refractivity contribution in [2.24, 2.45) is 0 Å². The van der Waals surface area contributed by atoms with Crippen molar-refractivity contribution in [3.05, 3.63) is 84.3 Å². The van der Waals surface area contributed by atoms with Gasteiger partial charge in [0.05, 0.1) is 0 Å². The van der Waals surface area contributed by atoms with Gasteiger partial charge in [0, 0.05) is 49.3 Å². The Morgan fingerprint density at radius 3 is 2.46 bits per heavy atom. The quantitative estimate of drug-likeness (QED) is 0.750. The van der Waals surface area contributed by atoms with Crippen LogP contribution in [-0.2, 0) is 0 Å². The number of carbonyl (C=O) groups is 1. The van der Waals surface area contributed by atoms with E-state index in [0.717, 1.165) is 13.1 Å². The summed E-state index contributed by atoms with van der Waals surface area (Å²) in [5.41, 5.74) is 2.34. The molecule has 1 aliphatic rings. The lowest BCUT2D eigenvalue weighted by Crippen LogP contribution is -2.48. The Morgan fingerprint density at radius 2 is 1.71 bits per heavy atom. The number of para-hydroxylation sites is 1. The van der Waals surface area contributed by atoms with Crippen molar-refractivity contribution in [2.45, 2.75) is 0 Å². The molecule has 0 spiro atoms. The number of amides is 1. The van der Waals surface area contributed by atoms with E-state index in [1.165, 1.54) is 17.8 Å². The van der Waals surface area contributed by atoms with Gasteiger partial charge in [-0.1, -0.05) is 24.3 Å². The maximum atomic E-state index is 13.3. The average Bonchev–Trinajstić information content (AvgIpc) is 2.74. The van der Waals surface area contributed by atoms with Gasteiger partial charge in [-0.2, -0.15) is 0 Å². The monoisotopic (exact) mass is 376 g/mol. The van der Waals surface area contributed by atoms with Crippen molar-refractivity contribution in [1.82, 2.24) is 9.88 Å². The molecule has 1 N–H and O–H groups in total. The largest absolute Gasteiger partial charge is 0.368 e. The minimum absolute atomic E-state index is 0.0163. The lowest BCUT2D eigenvalue weighted by atomic mass is 10.2. The highest BCUT2D eigenvalue weighted by Crippen LogP contribution is 2.19. The molecule has 0 atom stereocenters. The molecule has 1 aromatic heterocycles. The smallest absolute Gasteiger partial charge is 0.254 e. The summed E-state index contributed by atoms with van der Waals surface area (Å²) < 4.78 is 13.3. The number of anilines is 3. The number of hydrogen-bond donors (Lipinski definition) is 1. The lowest BCUT2D eigenvalue weighted by Gasteiger charge is -2.36. The Balaban J connectivity index is 1.41. The van der Waals surface area contributed by atoms with Crippen LogP contribution >= 0.6 is 0 Å². The van der Waals surface area contributed by atoms with Gasteiger partial charge < -0.3 is 15.1 Å². The van der Waals surface area contributed by atoms with E-state index in [4.69, 9.17) is 0 Å². The fourth-order valence-corrected chi connectivity index (χ4v) is 3.34. The summed E-state index contributed by atoms with van der Waals surface area (Å²) in [6.07, 6.45) is 1.59. The Hall–Kier alpha value is -3.41. The van der Waals surface area contributed by atoms with E-state index in [-0.39, 0.29) is 11.7 Å². The Bertz CT molecular complexity index is 956. The fraction of sp³-hybridized carbons (Fsp3) is 0.182. The Kier molecular flexibility index (Phi) is 5.19. The molecule has 0 unspecified atom stereocenters. The van der Waals surface area contributed by atoms with E-state index >= 15 is 0 Å². The number of benzene rings is 2. The van der Waals surface area contributed by atoms with Crippen LogP contribution in [0.15, 0.2) is 72.9 Å². The number of aromatic nitrogens is 1. The number of piperazine rings is 1. The summed E-state index contributed by atoms with van der Waals surface area (Å²) in [5.74, 6) is 0.172. The number of rotatable bonds is 4. The van der Waals surface area contributed by atoms with Gasteiger partial charge in [-0.15, -0.1) is 0 Å². The lowest BCUT2D eigenvalue weighted by molar-refractivity contribution is 0.0746. The number of nitrogens with one attached hydrogen (secondary N) is 1. The predicted octanol–water partition coefficient (Wildman–Crippen LogP) is 3.93. The normalized spacial score (nSPS) is 14.0. The molecule has 6 heteroatoms. The van der Waals surface area contributed by atoms with E-state index in [0.29, 0.717) is 30.2 Å². The second kappa shape index (κ2) is 8.08. The molecule has 3 aromatic rings. The number of carbonyl (C=O) groups excluding carboxylic acids is 1. The molecule has 1 amide bonds. The van der Waals surface area contributed by atoms with E-state index in [9.17, 15) is 9.18 Å². The van der Waals surface area contributed by atoms with Gasteiger partial charge in [-0.05, 0) is 42.5 Å². The van der Waals surface area contributed by atoms with Crippen molar-refractivity contribution in [2.75, 3.05) is 36.4 Å². The standard InChI is InChI=1S/C22H21FN4O/c23-18-5-4-6-19(16-18)25-21-15-17(9-10-24-21)22(28)27-13-11-26(12-14-27)20-7-2-1-3-8-20/h1-10,15-16H,11-14H2,(H,24,25). The molecule has 142 valence electrons. The highest BCUT2D eigenvalue weighted by Gasteiger charge is 2.22. The molecular weight excluding hydrogens is 355 g/mol. The number of nitrogens with zero attached hydrogens (tertiary/aromatic N) is 3. The first-order valence-corrected chi connectivity index (χ1v) is 9.27. The second-order valence-corrected chi connectivity index (χ2v) is 6.68. The number of halogens is 1. The molecule has 1 saturated heterocycles. The zero-order valence-corrected chi connectivity index (χ0v) is 15.4. The highest BCUT2D eigenvalue weighted by molar-refractivity contribution is 5.95. The fourth-order valence-electron chi connectivity index (χ4n) is 3.34. The first-order valence-electron chi connectivity index (χ1n) is 9.27. The van der Waals surface area contributed by atoms with Crippen LogP contribution in [0.25, 0.3) is 0 Å². The van der Waals surface area contributed by atoms with Crippen molar-refractivity contribution in [3.8, 4) is 0 Å². The molecule has 0 radical (unpaired) electrons. The Morgan fingerprint density at radius 1 is 0.929 bits per heavy atom. The molecule has 2 aromatic carbocycles. The zero-order valence-electron chi connectivity index (χ0n) is 15.4. The minimum Gasteiger partial charge on any atom is -0.368 e. The van der Waals surface area contributed by atoms with Crippen LogP contribution in [0, 0.1) is 5.82 Å². The van der Waals surface area contributed by atoms with Crippen molar-refractivity contribution >= 4 is 23.1 Å². The van der Waals surface area contributed by atoms with E-state index in [1.54, 1.807) is 30.5 Å². The summed E-state index contributed by atoms with van der Waals surface area (Å²) in [4.78, 5) is 21.3. The van der Waals surface area contributed by atoms with E-state index < -0.39 is 0 Å². The molecule has 0 bridgehead atoms. The third-order valence-electron chi connectivity index (χ3n) is 4.79. The van der Waals surface area contributed by atoms with Gasteiger partial charge >= 0.3 is 0 Å².